The maximum absolute atomic E-state index is 12.6. The Hall–Kier alpha value is -1.40. The highest BCUT2D eigenvalue weighted by atomic mass is 32.2. The Morgan fingerprint density at radius 1 is 1.19 bits per heavy atom. The first-order valence-corrected chi connectivity index (χ1v) is 11.4. The van der Waals surface area contributed by atoms with Gasteiger partial charge in [0.05, 0.1) is 11.8 Å². The Kier molecular flexibility index (Phi) is 6.03. The smallest absolute Gasteiger partial charge is 0.223 e. The van der Waals surface area contributed by atoms with E-state index in [4.69, 9.17) is 0 Å². The van der Waals surface area contributed by atoms with E-state index in [1.165, 1.54) is 28.3 Å². The van der Waals surface area contributed by atoms with Crippen LogP contribution >= 0.6 is 0 Å². The molecule has 1 aromatic rings. The summed E-state index contributed by atoms with van der Waals surface area (Å²) in [7, 11) is -3.14. The number of hydrogen-bond acceptors (Lipinski definition) is 3. The van der Waals surface area contributed by atoms with Crippen LogP contribution in [-0.4, -0.2) is 37.5 Å². The number of carbonyl (C=O) groups excluding carboxylic acids is 1. The predicted molar refractivity (Wildman–Crippen MR) is 103 cm³/mol. The standard InChI is InChI=1S/C20H30N2O3S/c1-3-26(24,25)22-12-10-17(11-13-22)20(23)21-15(2)18-9-8-16-6-4-5-7-19(16)14-18/h8-9,14-15,17H,3-7,10-13H2,1-2H3,(H,21,23)/t15-/m0/s1. The zero-order valence-corrected chi connectivity index (χ0v) is 16.6. The van der Waals surface area contributed by atoms with Gasteiger partial charge in [-0.15, -0.1) is 0 Å². The second-order valence-corrected chi connectivity index (χ2v) is 9.80. The average molecular weight is 379 g/mol. The number of hydrogen-bond donors (Lipinski definition) is 1. The Morgan fingerprint density at radius 2 is 1.85 bits per heavy atom. The summed E-state index contributed by atoms with van der Waals surface area (Å²) in [5, 5.41) is 3.13. The van der Waals surface area contributed by atoms with Crippen molar-refractivity contribution in [2.75, 3.05) is 18.8 Å². The molecule has 1 aromatic carbocycles. The highest BCUT2D eigenvalue weighted by Gasteiger charge is 2.30. The first kappa shape index (κ1) is 19.4. The molecule has 0 radical (unpaired) electrons. The Balaban J connectivity index is 1.57. The monoisotopic (exact) mass is 378 g/mol. The number of amides is 1. The molecule has 3 rings (SSSR count). The molecule has 0 aromatic heterocycles. The van der Waals surface area contributed by atoms with Crippen molar-refractivity contribution in [3.05, 3.63) is 34.9 Å². The van der Waals surface area contributed by atoms with Crippen LogP contribution in [0.25, 0.3) is 0 Å². The lowest BCUT2D eigenvalue weighted by atomic mass is 9.89. The minimum Gasteiger partial charge on any atom is -0.349 e. The molecule has 1 aliphatic heterocycles. The van der Waals surface area contributed by atoms with E-state index in [9.17, 15) is 13.2 Å². The molecule has 1 saturated heterocycles. The molecule has 1 heterocycles. The molecule has 6 heteroatoms. The molecule has 1 atom stereocenters. The van der Waals surface area contributed by atoms with Gasteiger partial charge < -0.3 is 5.32 Å². The quantitative estimate of drug-likeness (QED) is 0.857. The van der Waals surface area contributed by atoms with E-state index in [-0.39, 0.29) is 23.6 Å². The van der Waals surface area contributed by atoms with Crippen LogP contribution in [0, 0.1) is 5.92 Å². The normalized spacial score (nSPS) is 20.4. The van der Waals surface area contributed by atoms with Crippen molar-refractivity contribution in [3.8, 4) is 0 Å². The van der Waals surface area contributed by atoms with Crippen LogP contribution in [0.1, 0.15) is 62.3 Å². The lowest BCUT2D eigenvalue weighted by molar-refractivity contribution is -0.126. The fourth-order valence-electron chi connectivity index (χ4n) is 4.02. The molecule has 2 aliphatic rings. The third kappa shape index (κ3) is 4.29. The minimum absolute atomic E-state index is 0.0212. The van der Waals surface area contributed by atoms with Gasteiger partial charge in [0.15, 0.2) is 0 Å². The average Bonchev–Trinajstić information content (AvgIpc) is 2.67. The van der Waals surface area contributed by atoms with Crippen molar-refractivity contribution in [2.45, 2.75) is 58.4 Å². The third-order valence-corrected chi connectivity index (χ3v) is 7.70. The number of fused-ring (bicyclic) bond motifs is 1. The maximum atomic E-state index is 12.6. The van der Waals surface area contributed by atoms with Gasteiger partial charge in [-0.25, -0.2) is 12.7 Å². The zero-order valence-electron chi connectivity index (χ0n) is 15.8. The fraction of sp³-hybridized carbons (Fsp3) is 0.650. The zero-order chi connectivity index (χ0) is 18.7. The van der Waals surface area contributed by atoms with Crippen LogP contribution in [0.15, 0.2) is 18.2 Å². The number of sulfonamides is 1. The number of carbonyl (C=O) groups is 1. The largest absolute Gasteiger partial charge is 0.349 e. The van der Waals surface area contributed by atoms with Crippen LogP contribution in [0.4, 0.5) is 0 Å². The van der Waals surface area contributed by atoms with Gasteiger partial charge in [-0.05, 0) is 69.1 Å². The summed E-state index contributed by atoms with van der Waals surface area (Å²) in [4.78, 5) is 12.6. The van der Waals surface area contributed by atoms with E-state index < -0.39 is 10.0 Å². The molecule has 1 N–H and O–H groups in total. The van der Waals surface area contributed by atoms with Crippen molar-refractivity contribution in [1.29, 1.82) is 0 Å². The Labute approximate surface area is 157 Å². The summed E-state index contributed by atoms with van der Waals surface area (Å²) < 4.78 is 25.4. The highest BCUT2D eigenvalue weighted by molar-refractivity contribution is 7.89. The van der Waals surface area contributed by atoms with Crippen LogP contribution in [0.5, 0.6) is 0 Å². The van der Waals surface area contributed by atoms with Crippen molar-refractivity contribution in [1.82, 2.24) is 9.62 Å². The van der Waals surface area contributed by atoms with Gasteiger partial charge in [-0.2, -0.15) is 0 Å². The van der Waals surface area contributed by atoms with Gasteiger partial charge in [-0.1, -0.05) is 18.2 Å². The number of nitrogens with one attached hydrogen (secondary N) is 1. The maximum Gasteiger partial charge on any atom is 0.223 e. The van der Waals surface area contributed by atoms with Crippen molar-refractivity contribution in [2.24, 2.45) is 5.92 Å². The van der Waals surface area contributed by atoms with Gasteiger partial charge in [0, 0.05) is 19.0 Å². The molecule has 0 unspecified atom stereocenters. The van der Waals surface area contributed by atoms with E-state index in [1.807, 2.05) is 6.92 Å². The molecular weight excluding hydrogens is 348 g/mol. The Bertz CT molecular complexity index is 752. The molecule has 5 nitrogen and oxygen atoms in total. The number of benzene rings is 1. The number of piperidine rings is 1. The number of aryl methyl sites for hydroxylation is 2. The summed E-state index contributed by atoms with van der Waals surface area (Å²) in [6, 6.07) is 6.56. The molecule has 0 bridgehead atoms. The molecule has 144 valence electrons. The van der Waals surface area contributed by atoms with Crippen molar-refractivity contribution in [3.63, 3.8) is 0 Å². The van der Waals surface area contributed by atoms with Crippen LogP contribution in [0.3, 0.4) is 0 Å². The second kappa shape index (κ2) is 8.09. The summed E-state index contributed by atoms with van der Waals surface area (Å²) in [6.07, 6.45) is 6.01. The van der Waals surface area contributed by atoms with Gasteiger partial charge in [-0.3, -0.25) is 4.79 Å². The molecule has 1 fully saturated rings. The van der Waals surface area contributed by atoms with E-state index in [0.717, 1.165) is 18.4 Å². The molecule has 1 amide bonds. The highest BCUT2D eigenvalue weighted by Crippen LogP contribution is 2.26. The van der Waals surface area contributed by atoms with Crippen molar-refractivity contribution >= 4 is 15.9 Å². The van der Waals surface area contributed by atoms with E-state index in [1.54, 1.807) is 6.92 Å². The Morgan fingerprint density at radius 3 is 2.50 bits per heavy atom. The molecular formula is C20H30N2O3S. The minimum atomic E-state index is -3.14. The van der Waals surface area contributed by atoms with E-state index in [0.29, 0.717) is 25.9 Å². The lowest BCUT2D eigenvalue weighted by Crippen LogP contribution is -2.43. The number of nitrogens with zero attached hydrogens (tertiary/aromatic N) is 1. The third-order valence-electron chi connectivity index (χ3n) is 5.81. The van der Waals surface area contributed by atoms with Crippen LogP contribution in [-0.2, 0) is 27.7 Å². The van der Waals surface area contributed by atoms with Gasteiger partial charge in [0.25, 0.3) is 0 Å². The van der Waals surface area contributed by atoms with Gasteiger partial charge >= 0.3 is 0 Å². The number of rotatable bonds is 5. The van der Waals surface area contributed by atoms with E-state index in [2.05, 4.69) is 23.5 Å². The topological polar surface area (TPSA) is 66.5 Å². The van der Waals surface area contributed by atoms with Crippen molar-refractivity contribution < 1.29 is 13.2 Å². The van der Waals surface area contributed by atoms with Crippen LogP contribution < -0.4 is 5.32 Å². The summed E-state index contributed by atoms with van der Waals surface area (Å²) in [5.41, 5.74) is 4.03. The summed E-state index contributed by atoms with van der Waals surface area (Å²) >= 11 is 0. The van der Waals surface area contributed by atoms with Gasteiger partial charge in [0.2, 0.25) is 15.9 Å². The predicted octanol–water partition coefficient (Wildman–Crippen LogP) is 2.80. The fourth-order valence-corrected chi connectivity index (χ4v) is 5.15. The first-order chi connectivity index (χ1) is 12.4. The summed E-state index contributed by atoms with van der Waals surface area (Å²) in [5.74, 6) is 0.0707. The SMILES string of the molecule is CCS(=O)(=O)N1CCC(C(=O)N[C@@H](C)c2ccc3c(c2)CCCC3)CC1. The summed E-state index contributed by atoms with van der Waals surface area (Å²) in [6.45, 7) is 4.58. The second-order valence-electron chi connectivity index (χ2n) is 7.54. The van der Waals surface area contributed by atoms with Crippen LogP contribution in [0.2, 0.25) is 0 Å². The molecule has 0 spiro atoms. The molecule has 0 saturated carbocycles. The lowest BCUT2D eigenvalue weighted by Gasteiger charge is -2.31. The first-order valence-electron chi connectivity index (χ1n) is 9.80. The van der Waals surface area contributed by atoms with E-state index >= 15 is 0 Å². The van der Waals surface area contributed by atoms with Gasteiger partial charge in [0.1, 0.15) is 0 Å². The molecule has 1 aliphatic carbocycles. The molecule has 26 heavy (non-hydrogen) atoms.